The third kappa shape index (κ3) is 1.61. The lowest BCUT2D eigenvalue weighted by Gasteiger charge is -1.95. The average Bonchev–Trinajstić information content (AvgIpc) is 2.33. The Kier molecular flexibility index (Phi) is 2.68. The summed E-state index contributed by atoms with van der Waals surface area (Å²) in [6, 6.07) is 0. The maximum Gasteiger partial charge on any atom is 0.491 e. The minimum Gasteiger partial charge on any atom is -0.423 e. The van der Waals surface area contributed by atoms with E-state index >= 15 is 0 Å². The molecule has 1 N–H and O–H groups in total. The number of hydrogen-bond acceptors (Lipinski definition) is 2. The number of allylic oxidation sites excluding steroid dienone is 3. The van der Waals surface area contributed by atoms with Crippen molar-refractivity contribution in [2.45, 2.75) is 6.92 Å². The lowest BCUT2D eigenvalue weighted by Crippen LogP contribution is -2.12. The molecule has 1 aliphatic rings. The fourth-order valence-electron chi connectivity index (χ4n) is 1.11. The van der Waals surface area contributed by atoms with E-state index < -0.39 is 7.12 Å². The summed E-state index contributed by atoms with van der Waals surface area (Å²) in [5.74, 6) is 0. The van der Waals surface area contributed by atoms with Crippen LogP contribution in [0.25, 0.3) is 0 Å². The second-order valence-electron chi connectivity index (χ2n) is 2.33. The van der Waals surface area contributed by atoms with Crippen molar-refractivity contribution in [3.05, 3.63) is 35.9 Å². The summed E-state index contributed by atoms with van der Waals surface area (Å²) in [7, 11) is -0.744. The molecular weight excluding hydrogens is 139 g/mol. The van der Waals surface area contributed by atoms with Gasteiger partial charge in [-0.05, 0) is 18.0 Å². The molecule has 0 atom stereocenters. The van der Waals surface area contributed by atoms with E-state index in [2.05, 4.69) is 6.58 Å². The quantitative estimate of drug-likeness (QED) is 0.567. The van der Waals surface area contributed by atoms with Gasteiger partial charge in [0.15, 0.2) is 0 Å². The predicted molar refractivity (Wildman–Crippen MR) is 46.0 cm³/mol. The van der Waals surface area contributed by atoms with E-state index in [1.165, 1.54) is 0 Å². The van der Waals surface area contributed by atoms with Gasteiger partial charge in [0.2, 0.25) is 0 Å². The fourth-order valence-corrected chi connectivity index (χ4v) is 1.11. The predicted octanol–water partition coefficient (Wildman–Crippen LogP) is 1.09. The summed E-state index contributed by atoms with van der Waals surface area (Å²) in [5, 5.41) is 9.22. The van der Waals surface area contributed by atoms with E-state index in [-0.39, 0.29) is 0 Å². The molecule has 1 fully saturated rings. The molecule has 1 saturated heterocycles. The molecular formula is C8H11BO2. The largest absolute Gasteiger partial charge is 0.491 e. The average molecular weight is 150 g/mol. The van der Waals surface area contributed by atoms with Gasteiger partial charge in [0.25, 0.3) is 0 Å². The second-order valence-corrected chi connectivity index (χ2v) is 2.33. The Morgan fingerprint density at radius 1 is 1.73 bits per heavy atom. The Hall–Kier alpha value is -0.795. The van der Waals surface area contributed by atoms with Crippen LogP contribution in [0.2, 0.25) is 0 Å². The molecule has 11 heavy (non-hydrogen) atoms. The zero-order valence-corrected chi connectivity index (χ0v) is 6.58. The van der Waals surface area contributed by atoms with Gasteiger partial charge in [0.1, 0.15) is 0 Å². The van der Waals surface area contributed by atoms with Gasteiger partial charge in [-0.1, -0.05) is 24.8 Å². The number of hydrogen-bond donors (Lipinski definition) is 1. The van der Waals surface area contributed by atoms with Crippen LogP contribution in [-0.2, 0) is 4.65 Å². The third-order valence-electron chi connectivity index (χ3n) is 1.66. The van der Waals surface area contributed by atoms with Crippen LogP contribution in [0.4, 0.5) is 0 Å². The van der Waals surface area contributed by atoms with Crippen LogP contribution in [-0.4, -0.2) is 18.7 Å². The van der Waals surface area contributed by atoms with Crippen LogP contribution in [0.15, 0.2) is 35.9 Å². The van der Waals surface area contributed by atoms with E-state index in [1.54, 1.807) is 6.08 Å². The van der Waals surface area contributed by atoms with Crippen LogP contribution in [0.5, 0.6) is 0 Å². The van der Waals surface area contributed by atoms with E-state index in [4.69, 9.17) is 4.65 Å². The van der Waals surface area contributed by atoms with Gasteiger partial charge in [-0.25, -0.2) is 0 Å². The van der Waals surface area contributed by atoms with Crippen molar-refractivity contribution in [1.29, 1.82) is 0 Å². The zero-order chi connectivity index (χ0) is 8.27. The Labute approximate surface area is 67.0 Å². The van der Waals surface area contributed by atoms with Crippen molar-refractivity contribution < 1.29 is 9.68 Å². The van der Waals surface area contributed by atoms with Crippen LogP contribution in [0, 0.1) is 0 Å². The normalized spacial score (nSPS) is 25.1. The summed E-state index contributed by atoms with van der Waals surface area (Å²) < 4.78 is 4.99. The van der Waals surface area contributed by atoms with Crippen molar-refractivity contribution in [3.63, 3.8) is 0 Å². The molecule has 0 aromatic rings. The number of rotatable bonds is 1. The standard InChI is InChI=1S/C8H11BO2/c1-3-5-7-6-11-9(10)8(7)4-2/h3-5,10H,1,6H2,2H3/b7-5-,8-4+. The van der Waals surface area contributed by atoms with Gasteiger partial charge in [-0.2, -0.15) is 0 Å². The first-order valence-electron chi connectivity index (χ1n) is 3.57. The van der Waals surface area contributed by atoms with Crippen LogP contribution < -0.4 is 0 Å². The topological polar surface area (TPSA) is 29.5 Å². The third-order valence-corrected chi connectivity index (χ3v) is 1.66. The molecule has 1 heterocycles. The molecule has 0 bridgehead atoms. The van der Waals surface area contributed by atoms with Crippen molar-refractivity contribution in [3.8, 4) is 0 Å². The Morgan fingerprint density at radius 3 is 3.00 bits per heavy atom. The molecule has 0 aliphatic carbocycles. The SMILES string of the molecule is C=C/C=C1/COB(O)/C1=C/C. The lowest BCUT2D eigenvalue weighted by atomic mass is 9.77. The molecule has 3 heteroatoms. The minimum atomic E-state index is -0.744. The summed E-state index contributed by atoms with van der Waals surface area (Å²) in [6.07, 6.45) is 5.40. The molecule has 0 spiro atoms. The van der Waals surface area contributed by atoms with Crippen molar-refractivity contribution in [1.82, 2.24) is 0 Å². The lowest BCUT2D eigenvalue weighted by molar-refractivity contribution is 0.316. The molecule has 0 aromatic carbocycles. The highest BCUT2D eigenvalue weighted by Crippen LogP contribution is 2.20. The first-order chi connectivity index (χ1) is 5.29. The van der Waals surface area contributed by atoms with E-state index in [9.17, 15) is 5.02 Å². The summed E-state index contributed by atoms with van der Waals surface area (Å²) >= 11 is 0. The molecule has 1 rings (SSSR count). The zero-order valence-electron chi connectivity index (χ0n) is 6.58. The first-order valence-corrected chi connectivity index (χ1v) is 3.57. The molecule has 2 nitrogen and oxygen atoms in total. The van der Waals surface area contributed by atoms with Crippen molar-refractivity contribution >= 4 is 7.12 Å². The first kappa shape index (κ1) is 8.30. The highest BCUT2D eigenvalue weighted by atomic mass is 16.5. The molecule has 58 valence electrons. The molecule has 0 unspecified atom stereocenters. The van der Waals surface area contributed by atoms with E-state index in [0.29, 0.717) is 6.61 Å². The van der Waals surface area contributed by atoms with Gasteiger partial charge in [0, 0.05) is 0 Å². The van der Waals surface area contributed by atoms with Crippen molar-refractivity contribution in [2.75, 3.05) is 6.61 Å². The molecule has 0 aromatic heterocycles. The summed E-state index contributed by atoms with van der Waals surface area (Å²) in [4.78, 5) is 0. The van der Waals surface area contributed by atoms with Gasteiger partial charge in [0.05, 0.1) is 6.61 Å². The molecule has 0 saturated carbocycles. The Balaban J connectivity index is 2.86. The highest BCUT2D eigenvalue weighted by Gasteiger charge is 2.28. The van der Waals surface area contributed by atoms with Gasteiger partial charge >= 0.3 is 7.12 Å². The van der Waals surface area contributed by atoms with Crippen LogP contribution in [0.3, 0.4) is 0 Å². The van der Waals surface area contributed by atoms with E-state index in [0.717, 1.165) is 11.0 Å². The maximum atomic E-state index is 9.22. The maximum absolute atomic E-state index is 9.22. The monoisotopic (exact) mass is 150 g/mol. The van der Waals surface area contributed by atoms with Crippen LogP contribution in [0.1, 0.15) is 6.92 Å². The second kappa shape index (κ2) is 3.55. The summed E-state index contributed by atoms with van der Waals surface area (Å²) in [6.45, 7) is 5.94. The van der Waals surface area contributed by atoms with Gasteiger partial charge in [-0.3, -0.25) is 0 Å². The molecule has 0 amide bonds. The minimum absolute atomic E-state index is 0.479. The smallest absolute Gasteiger partial charge is 0.423 e. The Morgan fingerprint density at radius 2 is 2.45 bits per heavy atom. The van der Waals surface area contributed by atoms with E-state index in [1.807, 2.05) is 19.1 Å². The van der Waals surface area contributed by atoms with Crippen LogP contribution >= 0.6 is 0 Å². The molecule has 0 radical (unpaired) electrons. The van der Waals surface area contributed by atoms with Crippen molar-refractivity contribution in [2.24, 2.45) is 0 Å². The summed E-state index contributed by atoms with van der Waals surface area (Å²) in [5.41, 5.74) is 1.86. The fraction of sp³-hybridized carbons (Fsp3) is 0.250. The molecule has 1 aliphatic heterocycles. The Bertz CT molecular complexity index is 218. The highest BCUT2D eigenvalue weighted by molar-refractivity contribution is 6.55. The van der Waals surface area contributed by atoms with Gasteiger partial charge in [-0.15, -0.1) is 0 Å². The van der Waals surface area contributed by atoms with Gasteiger partial charge < -0.3 is 9.68 Å².